The number of nitrogens with one attached hydrogen (secondary N) is 2. The molecule has 2 aromatic heterocycles. The summed E-state index contributed by atoms with van der Waals surface area (Å²) in [6.45, 7) is 5.54. The average Bonchev–Trinajstić information content (AvgIpc) is 3.37. The molecule has 4 aromatic rings. The Labute approximate surface area is 171 Å². The van der Waals surface area contributed by atoms with Gasteiger partial charge in [-0.05, 0) is 75.0 Å². The minimum Gasteiger partial charge on any atom is -0.338 e. The zero-order valence-corrected chi connectivity index (χ0v) is 17.1. The Morgan fingerprint density at radius 3 is 2.86 bits per heavy atom. The molecule has 0 unspecified atom stereocenters. The predicted octanol–water partition coefficient (Wildman–Crippen LogP) is 5.06. The summed E-state index contributed by atoms with van der Waals surface area (Å²) in [5.74, 6) is 1.83. The Morgan fingerprint density at radius 2 is 2.00 bits per heavy atom. The highest BCUT2D eigenvalue weighted by molar-refractivity contribution is 5.85. The zero-order chi connectivity index (χ0) is 19.6. The topological polar surface area (TPSA) is 58.5 Å². The number of nitrogens with zero attached hydrogens (tertiary/aromatic N) is 3. The third-order valence-corrected chi connectivity index (χ3v) is 6.33. The van der Waals surface area contributed by atoms with Gasteiger partial charge in [0.2, 0.25) is 0 Å². The molecule has 0 atom stereocenters. The fraction of sp³-hybridized carbons (Fsp3) is 0.417. The molecule has 5 nitrogen and oxygen atoms in total. The first-order chi connectivity index (χ1) is 14.3. The number of para-hydroxylation sites is 1. The van der Waals surface area contributed by atoms with Gasteiger partial charge in [0.05, 0.1) is 28.4 Å². The molecule has 5 heteroatoms. The summed E-state index contributed by atoms with van der Waals surface area (Å²) in [5, 5.41) is 3.46. The molecule has 29 heavy (non-hydrogen) atoms. The van der Waals surface area contributed by atoms with Crippen LogP contribution in [0.25, 0.3) is 33.5 Å². The quantitative estimate of drug-likeness (QED) is 0.455. The number of benzene rings is 2. The van der Waals surface area contributed by atoms with E-state index in [2.05, 4.69) is 63.2 Å². The molecule has 150 valence electrons. The number of piperidine rings is 1. The first-order valence-corrected chi connectivity index (χ1v) is 10.9. The van der Waals surface area contributed by atoms with Crippen molar-refractivity contribution in [3.05, 3.63) is 48.3 Å². The maximum Gasteiger partial charge on any atom is 0.138 e. The van der Waals surface area contributed by atoms with Crippen molar-refractivity contribution < 1.29 is 0 Å². The van der Waals surface area contributed by atoms with Crippen molar-refractivity contribution in [2.24, 2.45) is 5.92 Å². The fourth-order valence-corrected chi connectivity index (χ4v) is 4.59. The highest BCUT2D eigenvalue weighted by atomic mass is 15.0. The monoisotopic (exact) mass is 387 g/mol. The second kappa shape index (κ2) is 7.99. The highest BCUT2D eigenvalue weighted by Gasteiger charge is 2.13. The minimum absolute atomic E-state index is 0.910. The molecule has 1 fully saturated rings. The van der Waals surface area contributed by atoms with E-state index in [0.717, 1.165) is 40.4 Å². The Balaban J connectivity index is 1.28. The highest BCUT2D eigenvalue weighted by Crippen LogP contribution is 2.26. The van der Waals surface area contributed by atoms with Gasteiger partial charge >= 0.3 is 0 Å². The third-order valence-electron chi connectivity index (χ3n) is 6.33. The minimum atomic E-state index is 0.910. The molecular formula is C24H29N5. The molecule has 0 amide bonds. The molecule has 2 aromatic carbocycles. The zero-order valence-electron chi connectivity index (χ0n) is 17.1. The number of hydrogen-bond acceptors (Lipinski definition) is 3. The Kier molecular flexibility index (Phi) is 5.06. The van der Waals surface area contributed by atoms with Gasteiger partial charge in [-0.1, -0.05) is 25.0 Å². The van der Waals surface area contributed by atoms with Crippen molar-refractivity contribution in [3.63, 3.8) is 0 Å². The molecule has 0 bridgehead atoms. The van der Waals surface area contributed by atoms with Crippen LogP contribution in [0.2, 0.25) is 0 Å². The van der Waals surface area contributed by atoms with E-state index in [4.69, 9.17) is 4.98 Å². The molecular weight excluding hydrogens is 358 g/mol. The Bertz CT molecular complexity index is 1120. The second-order valence-corrected chi connectivity index (χ2v) is 8.39. The third kappa shape index (κ3) is 3.79. The normalized spacial score (nSPS) is 15.5. The Hall–Kier alpha value is -2.66. The molecule has 0 aliphatic carbocycles. The lowest BCUT2D eigenvalue weighted by molar-refractivity contribution is 0.341. The van der Waals surface area contributed by atoms with Gasteiger partial charge in [0.25, 0.3) is 0 Å². The van der Waals surface area contributed by atoms with Crippen molar-refractivity contribution >= 4 is 22.1 Å². The summed E-state index contributed by atoms with van der Waals surface area (Å²) in [7, 11) is 0. The van der Waals surface area contributed by atoms with Gasteiger partial charge < -0.3 is 14.9 Å². The van der Waals surface area contributed by atoms with Crippen molar-refractivity contribution in [1.29, 1.82) is 0 Å². The van der Waals surface area contributed by atoms with Crippen molar-refractivity contribution in [2.75, 3.05) is 13.1 Å². The van der Waals surface area contributed by atoms with Gasteiger partial charge in [0.15, 0.2) is 0 Å². The number of imidazole rings is 2. The van der Waals surface area contributed by atoms with Crippen molar-refractivity contribution in [1.82, 2.24) is 24.8 Å². The van der Waals surface area contributed by atoms with Crippen LogP contribution >= 0.6 is 0 Å². The smallest absolute Gasteiger partial charge is 0.138 e. The summed E-state index contributed by atoms with van der Waals surface area (Å²) < 4.78 is 2.30. The van der Waals surface area contributed by atoms with E-state index in [9.17, 15) is 0 Å². The van der Waals surface area contributed by atoms with Gasteiger partial charge in [0, 0.05) is 12.1 Å². The number of H-pyrrole nitrogens is 1. The van der Waals surface area contributed by atoms with E-state index in [1.165, 1.54) is 56.3 Å². The Morgan fingerprint density at radius 1 is 1.10 bits per heavy atom. The number of aromatic amines is 1. The summed E-state index contributed by atoms with van der Waals surface area (Å²) in [5.41, 5.74) is 6.66. The van der Waals surface area contributed by atoms with Crippen LogP contribution in [-0.4, -0.2) is 32.6 Å². The second-order valence-electron chi connectivity index (χ2n) is 8.39. The van der Waals surface area contributed by atoms with Gasteiger partial charge in [-0.2, -0.15) is 0 Å². The molecule has 5 rings (SSSR count). The van der Waals surface area contributed by atoms with Crippen LogP contribution in [0.1, 0.15) is 37.7 Å². The lowest BCUT2D eigenvalue weighted by Gasteiger charge is -2.22. The molecule has 0 spiro atoms. The van der Waals surface area contributed by atoms with E-state index >= 15 is 0 Å². The molecule has 2 N–H and O–H groups in total. The molecule has 1 saturated heterocycles. The average molecular weight is 388 g/mol. The summed E-state index contributed by atoms with van der Waals surface area (Å²) in [4.78, 5) is 12.9. The molecule has 0 radical (unpaired) electrons. The van der Waals surface area contributed by atoms with Gasteiger partial charge in [0.1, 0.15) is 5.82 Å². The molecule has 3 heterocycles. The summed E-state index contributed by atoms with van der Waals surface area (Å²) in [6.07, 6.45) is 8.57. The number of unbranched alkanes of at least 4 members (excludes halogenated alkanes) is 1. The fourth-order valence-electron chi connectivity index (χ4n) is 4.59. The SMILES string of the molecule is Cc1cccc2[nH]c(-c3ccc4c(c3)ncn4CCCCC3CCNCC3)nc12. The van der Waals surface area contributed by atoms with Crippen LogP contribution in [0.5, 0.6) is 0 Å². The van der Waals surface area contributed by atoms with E-state index in [1.807, 2.05) is 6.33 Å². The molecule has 1 aliphatic heterocycles. The first kappa shape index (κ1) is 18.4. The maximum absolute atomic E-state index is 4.81. The predicted molar refractivity (Wildman–Crippen MR) is 119 cm³/mol. The van der Waals surface area contributed by atoms with Crippen LogP contribution in [-0.2, 0) is 6.54 Å². The van der Waals surface area contributed by atoms with Gasteiger partial charge in [-0.25, -0.2) is 9.97 Å². The van der Waals surface area contributed by atoms with Crippen molar-refractivity contribution in [2.45, 2.75) is 45.6 Å². The maximum atomic E-state index is 4.81. The van der Waals surface area contributed by atoms with E-state index in [1.54, 1.807) is 0 Å². The first-order valence-electron chi connectivity index (χ1n) is 10.9. The summed E-state index contributed by atoms with van der Waals surface area (Å²) >= 11 is 0. The number of aryl methyl sites for hydroxylation is 2. The number of aromatic nitrogens is 4. The number of hydrogen-bond donors (Lipinski definition) is 2. The van der Waals surface area contributed by atoms with Crippen LogP contribution < -0.4 is 5.32 Å². The van der Waals surface area contributed by atoms with E-state index in [-0.39, 0.29) is 0 Å². The number of fused-ring (bicyclic) bond motifs is 2. The van der Waals surface area contributed by atoms with Crippen LogP contribution in [0.3, 0.4) is 0 Å². The van der Waals surface area contributed by atoms with Gasteiger partial charge in [-0.15, -0.1) is 0 Å². The molecule has 1 aliphatic rings. The van der Waals surface area contributed by atoms with Crippen LogP contribution in [0.15, 0.2) is 42.7 Å². The number of rotatable bonds is 6. The lowest BCUT2D eigenvalue weighted by Crippen LogP contribution is -2.27. The van der Waals surface area contributed by atoms with E-state index in [0.29, 0.717) is 0 Å². The van der Waals surface area contributed by atoms with Crippen LogP contribution in [0.4, 0.5) is 0 Å². The van der Waals surface area contributed by atoms with Crippen molar-refractivity contribution in [3.8, 4) is 11.4 Å². The van der Waals surface area contributed by atoms with Crippen LogP contribution in [0, 0.1) is 12.8 Å². The largest absolute Gasteiger partial charge is 0.338 e. The molecule has 0 saturated carbocycles. The lowest BCUT2D eigenvalue weighted by atomic mass is 9.92. The van der Waals surface area contributed by atoms with E-state index < -0.39 is 0 Å². The standard InChI is InChI=1S/C24H29N5/c1-17-5-4-7-20-23(17)28-24(27-20)19-8-9-22-21(15-19)26-16-29(22)14-3-2-6-18-10-12-25-13-11-18/h4-5,7-9,15-16,18,25H,2-3,6,10-14H2,1H3,(H,27,28). The van der Waals surface area contributed by atoms with Gasteiger partial charge in [-0.3, -0.25) is 0 Å². The summed E-state index contributed by atoms with van der Waals surface area (Å²) in [6, 6.07) is 12.7.